The summed E-state index contributed by atoms with van der Waals surface area (Å²) < 4.78 is 11.1. The molecule has 0 fully saturated rings. The van der Waals surface area contributed by atoms with Gasteiger partial charge in [-0.05, 0) is 29.8 Å². The van der Waals surface area contributed by atoms with Crippen LogP contribution in [0, 0.1) is 11.3 Å². The molecule has 5 nitrogen and oxygen atoms in total. The van der Waals surface area contributed by atoms with Crippen LogP contribution in [0.1, 0.15) is 15.9 Å². The lowest BCUT2D eigenvalue weighted by molar-refractivity contribution is 0.0600. The summed E-state index contributed by atoms with van der Waals surface area (Å²) in [7, 11) is 1.33. The predicted octanol–water partition coefficient (Wildman–Crippen LogP) is 5.84. The average Bonchev–Trinajstić information content (AvgIpc) is 3.18. The quantitative estimate of drug-likeness (QED) is 0.419. The highest BCUT2D eigenvalue weighted by molar-refractivity contribution is 5.92. The lowest BCUT2D eigenvalue weighted by Gasteiger charge is -2.08. The number of nitrogens with zero attached hydrogens (tertiary/aromatic N) is 1. The third kappa shape index (κ3) is 3.79. The first kappa shape index (κ1) is 20.0. The minimum absolute atomic E-state index is 0.0757. The lowest BCUT2D eigenvalue weighted by atomic mass is 9.93. The van der Waals surface area contributed by atoms with E-state index in [4.69, 9.17) is 9.15 Å². The highest BCUT2D eigenvalue weighted by Crippen LogP contribution is 2.45. The van der Waals surface area contributed by atoms with Gasteiger partial charge < -0.3 is 14.3 Å². The van der Waals surface area contributed by atoms with Crippen molar-refractivity contribution in [2.24, 2.45) is 0 Å². The Morgan fingerprint density at radius 1 is 0.935 bits per heavy atom. The van der Waals surface area contributed by atoms with E-state index in [0.29, 0.717) is 28.2 Å². The maximum Gasteiger partial charge on any atom is 0.337 e. The van der Waals surface area contributed by atoms with Crippen LogP contribution in [-0.4, -0.2) is 18.2 Å². The van der Waals surface area contributed by atoms with Gasteiger partial charge in [0.25, 0.3) is 0 Å². The molecule has 0 spiro atoms. The Hall–Kier alpha value is -4.30. The van der Waals surface area contributed by atoms with Crippen LogP contribution < -0.4 is 0 Å². The Kier molecular flexibility index (Phi) is 5.55. The molecular weight excluding hydrogens is 390 g/mol. The summed E-state index contributed by atoms with van der Waals surface area (Å²) in [5, 5.41) is 20.0. The summed E-state index contributed by atoms with van der Waals surface area (Å²) in [6.07, 6.45) is 0.120. The third-order valence-electron chi connectivity index (χ3n) is 5.04. The molecule has 0 aliphatic rings. The standard InChI is InChI=1S/C26H19NO4/c1-30-26(29)19-13-11-17(12-14-19)23-21(15-16-27)24(18-7-3-2-4-8-18)31-25(23)20-9-5-6-10-22(20)28/h2-14,28H,15H2,1H3. The van der Waals surface area contributed by atoms with Crippen LogP contribution in [0.5, 0.6) is 5.75 Å². The molecule has 0 atom stereocenters. The molecule has 0 bridgehead atoms. The van der Waals surface area contributed by atoms with Crippen LogP contribution >= 0.6 is 0 Å². The van der Waals surface area contributed by atoms with Gasteiger partial charge >= 0.3 is 5.97 Å². The number of nitriles is 1. The van der Waals surface area contributed by atoms with E-state index in [-0.39, 0.29) is 12.2 Å². The highest BCUT2D eigenvalue weighted by Gasteiger charge is 2.25. The summed E-state index contributed by atoms with van der Waals surface area (Å²) in [4.78, 5) is 11.8. The molecular formula is C26H19NO4. The Bertz CT molecular complexity index is 1270. The molecule has 4 aromatic rings. The van der Waals surface area contributed by atoms with Gasteiger partial charge in [-0.15, -0.1) is 0 Å². The molecule has 0 saturated carbocycles. The Morgan fingerprint density at radius 3 is 2.26 bits per heavy atom. The van der Waals surface area contributed by atoms with Crippen molar-refractivity contribution in [3.05, 3.63) is 90.0 Å². The van der Waals surface area contributed by atoms with Gasteiger partial charge in [0.15, 0.2) is 0 Å². The van der Waals surface area contributed by atoms with Crippen molar-refractivity contribution in [1.29, 1.82) is 5.26 Å². The summed E-state index contributed by atoms with van der Waals surface area (Å²) in [5.74, 6) is 0.689. The van der Waals surface area contributed by atoms with Gasteiger partial charge in [-0.3, -0.25) is 0 Å². The minimum Gasteiger partial charge on any atom is -0.507 e. The molecule has 152 valence electrons. The van der Waals surface area contributed by atoms with E-state index in [1.54, 1.807) is 42.5 Å². The molecule has 0 aliphatic carbocycles. The molecule has 4 rings (SSSR count). The van der Waals surface area contributed by atoms with E-state index in [1.165, 1.54) is 7.11 Å². The molecule has 0 saturated heterocycles. The van der Waals surface area contributed by atoms with E-state index >= 15 is 0 Å². The summed E-state index contributed by atoms with van der Waals surface area (Å²) in [6.45, 7) is 0. The van der Waals surface area contributed by atoms with E-state index in [0.717, 1.165) is 16.7 Å². The van der Waals surface area contributed by atoms with Crippen LogP contribution in [-0.2, 0) is 11.2 Å². The zero-order chi connectivity index (χ0) is 21.8. The number of carbonyl (C=O) groups is 1. The molecule has 3 aromatic carbocycles. The fraction of sp³-hybridized carbons (Fsp3) is 0.0769. The second-order valence-electron chi connectivity index (χ2n) is 6.90. The van der Waals surface area contributed by atoms with Crippen LogP contribution in [0.15, 0.2) is 83.3 Å². The molecule has 1 N–H and O–H groups in total. The largest absolute Gasteiger partial charge is 0.507 e. The highest BCUT2D eigenvalue weighted by atomic mass is 16.5. The van der Waals surface area contributed by atoms with Crippen molar-refractivity contribution in [2.45, 2.75) is 6.42 Å². The number of hydrogen-bond donors (Lipinski definition) is 1. The molecule has 0 aliphatic heterocycles. The Labute approximate surface area is 179 Å². The SMILES string of the molecule is COC(=O)c1ccc(-c2c(-c3ccccc3O)oc(-c3ccccc3)c2CC#N)cc1. The van der Waals surface area contributed by atoms with Crippen LogP contribution in [0.25, 0.3) is 33.8 Å². The van der Waals surface area contributed by atoms with Gasteiger partial charge in [0.1, 0.15) is 17.3 Å². The number of esters is 1. The summed E-state index contributed by atoms with van der Waals surface area (Å²) >= 11 is 0. The maximum atomic E-state index is 11.8. The monoisotopic (exact) mass is 409 g/mol. The predicted molar refractivity (Wildman–Crippen MR) is 117 cm³/mol. The van der Waals surface area contributed by atoms with Gasteiger partial charge in [-0.2, -0.15) is 5.26 Å². The number of carbonyl (C=O) groups excluding carboxylic acids is 1. The number of phenols is 1. The van der Waals surface area contributed by atoms with Crippen molar-refractivity contribution in [3.63, 3.8) is 0 Å². The maximum absolute atomic E-state index is 11.8. The summed E-state index contributed by atoms with van der Waals surface area (Å²) in [5.41, 5.74) is 3.97. The first-order valence-electron chi connectivity index (χ1n) is 9.69. The number of methoxy groups -OCH3 is 1. The molecule has 0 unspecified atom stereocenters. The average molecular weight is 409 g/mol. The normalized spacial score (nSPS) is 10.5. The Morgan fingerprint density at radius 2 is 1.61 bits per heavy atom. The Balaban J connectivity index is 1.99. The molecule has 1 aromatic heterocycles. The number of para-hydroxylation sites is 1. The number of hydrogen-bond acceptors (Lipinski definition) is 5. The van der Waals surface area contributed by atoms with E-state index in [9.17, 15) is 15.2 Å². The topological polar surface area (TPSA) is 83.5 Å². The van der Waals surface area contributed by atoms with Gasteiger partial charge in [-0.25, -0.2) is 4.79 Å². The molecule has 1 heterocycles. The van der Waals surface area contributed by atoms with E-state index in [2.05, 4.69) is 6.07 Å². The molecule has 0 amide bonds. The van der Waals surface area contributed by atoms with Gasteiger partial charge in [0, 0.05) is 16.7 Å². The third-order valence-corrected chi connectivity index (χ3v) is 5.04. The lowest BCUT2D eigenvalue weighted by Crippen LogP contribution is -2.00. The van der Waals surface area contributed by atoms with Gasteiger partial charge in [-0.1, -0.05) is 54.6 Å². The fourth-order valence-corrected chi connectivity index (χ4v) is 3.59. The van der Waals surface area contributed by atoms with E-state index < -0.39 is 5.97 Å². The van der Waals surface area contributed by atoms with Crippen molar-refractivity contribution in [1.82, 2.24) is 0 Å². The number of phenolic OH excluding ortho intramolecular Hbond substituents is 1. The fourth-order valence-electron chi connectivity index (χ4n) is 3.59. The van der Waals surface area contributed by atoms with Crippen molar-refractivity contribution >= 4 is 5.97 Å². The van der Waals surface area contributed by atoms with Crippen molar-refractivity contribution in [2.75, 3.05) is 7.11 Å². The van der Waals surface area contributed by atoms with E-state index in [1.807, 2.05) is 36.4 Å². The van der Waals surface area contributed by atoms with Gasteiger partial charge in [0.05, 0.1) is 30.7 Å². The van der Waals surface area contributed by atoms with Crippen molar-refractivity contribution in [3.8, 4) is 45.6 Å². The second kappa shape index (κ2) is 8.60. The zero-order valence-electron chi connectivity index (χ0n) is 16.8. The second-order valence-corrected chi connectivity index (χ2v) is 6.90. The number of aromatic hydroxyl groups is 1. The van der Waals surface area contributed by atoms with Crippen molar-refractivity contribution < 1.29 is 19.1 Å². The van der Waals surface area contributed by atoms with Crippen LogP contribution in [0.4, 0.5) is 0 Å². The molecule has 31 heavy (non-hydrogen) atoms. The zero-order valence-corrected chi connectivity index (χ0v) is 16.8. The number of ether oxygens (including phenoxy) is 1. The smallest absolute Gasteiger partial charge is 0.337 e. The van der Waals surface area contributed by atoms with Crippen LogP contribution in [0.2, 0.25) is 0 Å². The number of benzene rings is 3. The summed E-state index contributed by atoms with van der Waals surface area (Å²) in [6, 6.07) is 25.6. The van der Waals surface area contributed by atoms with Gasteiger partial charge in [0.2, 0.25) is 0 Å². The minimum atomic E-state index is -0.429. The molecule has 5 heteroatoms. The van der Waals surface area contributed by atoms with Crippen LogP contribution in [0.3, 0.4) is 0 Å². The number of furan rings is 1. The number of rotatable bonds is 5. The first-order chi connectivity index (χ1) is 15.1. The first-order valence-corrected chi connectivity index (χ1v) is 9.69. The molecule has 0 radical (unpaired) electrons.